The quantitative estimate of drug-likeness (QED) is 0.647. The maximum atomic E-state index is 11.0. The van der Waals surface area contributed by atoms with Crippen LogP contribution in [0.4, 0.5) is 0 Å². The van der Waals surface area contributed by atoms with Crippen molar-refractivity contribution in [1.29, 1.82) is 0 Å². The average molecular weight is 297 g/mol. The summed E-state index contributed by atoms with van der Waals surface area (Å²) in [6.07, 6.45) is 0. The highest BCUT2D eigenvalue weighted by atomic mass is 35.5. The van der Waals surface area contributed by atoms with E-state index >= 15 is 0 Å². The molecular weight excluding hydrogens is 284 g/mol. The van der Waals surface area contributed by atoms with E-state index in [1.807, 2.05) is 18.2 Å². The minimum atomic E-state index is -0.462. The topological polar surface area (TPSA) is 26.3 Å². The zero-order chi connectivity index (χ0) is 14.7. The van der Waals surface area contributed by atoms with Gasteiger partial charge in [-0.3, -0.25) is 4.79 Å². The lowest BCUT2D eigenvalue weighted by atomic mass is 10.1. The van der Waals surface area contributed by atoms with Crippen LogP contribution in [-0.4, -0.2) is 5.24 Å². The number of rotatable bonds is 4. The lowest BCUT2D eigenvalue weighted by Crippen LogP contribution is -1.97. The summed E-state index contributed by atoms with van der Waals surface area (Å²) in [7, 11) is 0. The molecule has 3 aromatic carbocycles. The zero-order valence-corrected chi connectivity index (χ0v) is 12.0. The van der Waals surface area contributed by atoms with E-state index in [2.05, 4.69) is 24.3 Å². The Morgan fingerprint density at radius 1 is 0.905 bits per heavy atom. The first kappa shape index (κ1) is 13.7. The molecule has 0 aliphatic heterocycles. The third-order valence-corrected chi connectivity index (χ3v) is 3.57. The van der Waals surface area contributed by atoms with Crippen molar-refractivity contribution in [1.82, 2.24) is 0 Å². The molecule has 0 aromatic heterocycles. The van der Waals surface area contributed by atoms with Crippen LogP contribution in [0, 0.1) is 0 Å². The maximum absolute atomic E-state index is 11.0. The fourth-order valence-corrected chi connectivity index (χ4v) is 2.39. The van der Waals surface area contributed by atoms with Gasteiger partial charge in [0.2, 0.25) is 0 Å². The van der Waals surface area contributed by atoms with Crippen molar-refractivity contribution in [2.75, 3.05) is 0 Å². The summed E-state index contributed by atoms with van der Waals surface area (Å²) in [6.45, 7) is 0.482. The molecule has 0 N–H and O–H groups in total. The van der Waals surface area contributed by atoms with Gasteiger partial charge >= 0.3 is 0 Å². The second-order valence-electron chi connectivity index (χ2n) is 4.73. The Kier molecular flexibility index (Phi) is 3.89. The summed E-state index contributed by atoms with van der Waals surface area (Å²) in [5.74, 6) is 0.713. The van der Waals surface area contributed by atoms with Crippen LogP contribution in [0.5, 0.6) is 5.75 Å². The summed E-state index contributed by atoms with van der Waals surface area (Å²) in [4.78, 5) is 11.0. The molecule has 0 bridgehead atoms. The van der Waals surface area contributed by atoms with E-state index in [1.165, 1.54) is 10.8 Å². The van der Waals surface area contributed by atoms with Crippen LogP contribution >= 0.6 is 11.6 Å². The Bertz CT molecular complexity index is 773. The zero-order valence-electron chi connectivity index (χ0n) is 11.3. The Hall–Kier alpha value is -2.32. The van der Waals surface area contributed by atoms with E-state index in [4.69, 9.17) is 16.3 Å². The first-order valence-electron chi connectivity index (χ1n) is 6.63. The van der Waals surface area contributed by atoms with Crippen molar-refractivity contribution in [3.05, 3.63) is 77.9 Å². The molecule has 0 atom stereocenters. The van der Waals surface area contributed by atoms with Crippen molar-refractivity contribution < 1.29 is 9.53 Å². The minimum Gasteiger partial charge on any atom is -0.489 e. The van der Waals surface area contributed by atoms with Crippen LogP contribution in [0.3, 0.4) is 0 Å². The number of carbonyl (C=O) groups is 1. The highest BCUT2D eigenvalue weighted by molar-refractivity contribution is 6.67. The monoisotopic (exact) mass is 296 g/mol. The molecule has 0 unspecified atom stereocenters. The van der Waals surface area contributed by atoms with Gasteiger partial charge in [-0.2, -0.15) is 0 Å². The number of hydrogen-bond acceptors (Lipinski definition) is 2. The lowest BCUT2D eigenvalue weighted by Gasteiger charge is -2.09. The normalized spacial score (nSPS) is 10.5. The summed E-state index contributed by atoms with van der Waals surface area (Å²) in [5, 5.41) is 1.92. The third kappa shape index (κ3) is 3.06. The highest BCUT2D eigenvalue weighted by Gasteiger charge is 2.03. The summed E-state index contributed by atoms with van der Waals surface area (Å²) < 4.78 is 5.78. The van der Waals surface area contributed by atoms with E-state index < -0.39 is 5.24 Å². The van der Waals surface area contributed by atoms with E-state index in [9.17, 15) is 4.79 Å². The predicted octanol–water partition coefficient (Wildman–Crippen LogP) is 4.80. The number of hydrogen-bond donors (Lipinski definition) is 0. The molecule has 0 fully saturated rings. The average Bonchev–Trinajstić information content (AvgIpc) is 2.53. The first-order valence-corrected chi connectivity index (χ1v) is 7.01. The molecule has 21 heavy (non-hydrogen) atoms. The Balaban J connectivity index is 1.79. The minimum absolute atomic E-state index is 0.462. The van der Waals surface area contributed by atoms with Crippen molar-refractivity contribution in [3.8, 4) is 5.75 Å². The second-order valence-corrected chi connectivity index (χ2v) is 5.07. The van der Waals surface area contributed by atoms with E-state index in [-0.39, 0.29) is 0 Å². The molecule has 0 aliphatic carbocycles. The molecule has 3 rings (SSSR count). The Morgan fingerprint density at radius 2 is 1.62 bits per heavy atom. The van der Waals surface area contributed by atoms with Crippen molar-refractivity contribution >= 4 is 27.6 Å². The molecule has 0 amide bonds. The fraction of sp³-hybridized carbons (Fsp3) is 0.0556. The van der Waals surface area contributed by atoms with Gasteiger partial charge in [0.15, 0.2) is 0 Å². The van der Waals surface area contributed by atoms with Crippen LogP contribution in [0.15, 0.2) is 66.7 Å². The maximum Gasteiger partial charge on any atom is 0.252 e. The van der Waals surface area contributed by atoms with Crippen LogP contribution < -0.4 is 4.74 Å². The largest absolute Gasteiger partial charge is 0.489 e. The Morgan fingerprint density at radius 3 is 2.38 bits per heavy atom. The molecule has 104 valence electrons. The van der Waals surface area contributed by atoms with Crippen LogP contribution in [0.2, 0.25) is 0 Å². The van der Waals surface area contributed by atoms with E-state index in [0.29, 0.717) is 17.9 Å². The van der Waals surface area contributed by atoms with Gasteiger partial charge in [-0.1, -0.05) is 42.5 Å². The first-order chi connectivity index (χ1) is 10.2. The van der Waals surface area contributed by atoms with Gasteiger partial charge in [-0.25, -0.2) is 0 Å². The molecule has 0 saturated heterocycles. The van der Waals surface area contributed by atoms with Gasteiger partial charge in [-0.05, 0) is 52.2 Å². The lowest BCUT2D eigenvalue weighted by molar-refractivity contribution is 0.108. The summed E-state index contributed by atoms with van der Waals surface area (Å²) in [5.41, 5.74) is 1.60. The van der Waals surface area contributed by atoms with Gasteiger partial charge in [0.05, 0.1) is 0 Å². The van der Waals surface area contributed by atoms with Gasteiger partial charge in [0, 0.05) is 5.56 Å². The number of halogens is 1. The smallest absolute Gasteiger partial charge is 0.252 e. The van der Waals surface area contributed by atoms with Crippen molar-refractivity contribution in [2.45, 2.75) is 6.61 Å². The molecule has 3 heteroatoms. The third-order valence-electron chi connectivity index (χ3n) is 3.36. The van der Waals surface area contributed by atoms with E-state index in [0.717, 1.165) is 5.56 Å². The number of fused-ring (bicyclic) bond motifs is 1. The summed E-state index contributed by atoms with van der Waals surface area (Å²) in [6, 6.07) is 21.2. The van der Waals surface area contributed by atoms with Crippen LogP contribution in [-0.2, 0) is 6.61 Å². The Labute approximate surface area is 127 Å². The van der Waals surface area contributed by atoms with Crippen LogP contribution in [0.1, 0.15) is 15.9 Å². The van der Waals surface area contributed by atoms with Crippen LogP contribution in [0.25, 0.3) is 10.8 Å². The molecule has 0 radical (unpaired) electrons. The molecule has 3 aromatic rings. The number of benzene rings is 3. The van der Waals surface area contributed by atoms with Gasteiger partial charge in [-0.15, -0.1) is 0 Å². The van der Waals surface area contributed by atoms with Gasteiger partial charge in [0.25, 0.3) is 5.24 Å². The highest BCUT2D eigenvalue weighted by Crippen LogP contribution is 2.21. The molecule has 2 nitrogen and oxygen atoms in total. The number of carbonyl (C=O) groups excluding carboxylic acids is 1. The SMILES string of the molecule is O=C(Cl)c1ccc(OCc2cccc3ccccc23)cc1. The molecule has 0 spiro atoms. The van der Waals surface area contributed by atoms with Gasteiger partial charge in [0.1, 0.15) is 12.4 Å². The molecule has 0 aliphatic rings. The second kappa shape index (κ2) is 5.98. The standard InChI is InChI=1S/C18H13ClO2/c19-18(20)14-8-10-16(11-9-14)21-12-15-6-3-5-13-4-1-2-7-17(13)15/h1-11H,12H2. The van der Waals surface area contributed by atoms with Crippen molar-refractivity contribution in [2.24, 2.45) is 0 Å². The number of ether oxygens (including phenoxy) is 1. The summed E-state index contributed by atoms with van der Waals surface area (Å²) >= 11 is 5.41. The van der Waals surface area contributed by atoms with Crippen molar-refractivity contribution in [3.63, 3.8) is 0 Å². The molecule has 0 saturated carbocycles. The van der Waals surface area contributed by atoms with E-state index in [1.54, 1.807) is 24.3 Å². The molecule has 0 heterocycles. The molecular formula is C18H13ClO2. The van der Waals surface area contributed by atoms with Gasteiger partial charge < -0.3 is 4.74 Å². The fourth-order valence-electron chi connectivity index (χ4n) is 2.26. The predicted molar refractivity (Wildman–Crippen MR) is 84.9 cm³/mol.